The third-order valence-electron chi connectivity index (χ3n) is 2.76. The van der Waals surface area contributed by atoms with Crippen LogP contribution in [0.25, 0.3) is 0 Å². The van der Waals surface area contributed by atoms with E-state index >= 15 is 0 Å². The van der Waals surface area contributed by atoms with Crippen molar-refractivity contribution >= 4 is 5.82 Å². The van der Waals surface area contributed by atoms with Crippen molar-refractivity contribution in [2.75, 3.05) is 11.4 Å². The molecule has 0 saturated carbocycles. The molecule has 90 valence electrons. The zero-order valence-electron chi connectivity index (χ0n) is 11.4. The van der Waals surface area contributed by atoms with Crippen molar-refractivity contribution in [1.82, 2.24) is 4.98 Å². The molecule has 0 atom stereocenters. The van der Waals surface area contributed by atoms with E-state index < -0.39 is 0 Å². The van der Waals surface area contributed by atoms with Gasteiger partial charge in [-0.3, -0.25) is 0 Å². The molecule has 0 saturated heterocycles. The smallest absolute Gasteiger partial charge is 0.129 e. The molecule has 1 rings (SSSR count). The highest BCUT2D eigenvalue weighted by Gasteiger charge is 2.17. The number of nitrogens with zero attached hydrogens (tertiary/aromatic N) is 2. The molecule has 1 aromatic rings. The number of pyridine rings is 1. The van der Waals surface area contributed by atoms with Crippen LogP contribution >= 0.6 is 0 Å². The van der Waals surface area contributed by atoms with Crippen molar-refractivity contribution in [1.29, 1.82) is 0 Å². The summed E-state index contributed by atoms with van der Waals surface area (Å²) in [5, 5.41) is 0. The SMILES string of the molecule is CCN(c1cccc(C(C)(C)C)n1)C(C)C. The molecule has 2 heteroatoms. The molecule has 0 fully saturated rings. The predicted octanol–water partition coefficient (Wildman–Crippen LogP) is 3.61. The molecule has 0 unspecified atom stereocenters. The fourth-order valence-electron chi connectivity index (χ4n) is 1.79. The first-order chi connectivity index (χ1) is 7.36. The monoisotopic (exact) mass is 220 g/mol. The van der Waals surface area contributed by atoms with Gasteiger partial charge in [-0.2, -0.15) is 0 Å². The Morgan fingerprint density at radius 2 is 1.88 bits per heavy atom. The van der Waals surface area contributed by atoms with Crippen LogP contribution in [0.5, 0.6) is 0 Å². The van der Waals surface area contributed by atoms with Gasteiger partial charge in [-0.1, -0.05) is 26.8 Å². The summed E-state index contributed by atoms with van der Waals surface area (Å²) >= 11 is 0. The van der Waals surface area contributed by atoms with Crippen LogP contribution in [-0.2, 0) is 5.41 Å². The maximum atomic E-state index is 4.76. The van der Waals surface area contributed by atoms with Crippen LogP contribution in [-0.4, -0.2) is 17.6 Å². The van der Waals surface area contributed by atoms with E-state index in [-0.39, 0.29) is 5.41 Å². The van der Waals surface area contributed by atoms with E-state index in [2.05, 4.69) is 64.6 Å². The third-order valence-corrected chi connectivity index (χ3v) is 2.76. The number of aromatic nitrogens is 1. The van der Waals surface area contributed by atoms with E-state index in [1.165, 1.54) is 0 Å². The number of anilines is 1. The molecule has 0 aliphatic carbocycles. The second-order valence-corrected chi connectivity index (χ2v) is 5.51. The zero-order chi connectivity index (χ0) is 12.3. The van der Waals surface area contributed by atoms with Crippen LogP contribution in [0, 0.1) is 0 Å². The fraction of sp³-hybridized carbons (Fsp3) is 0.643. The Bertz CT molecular complexity index is 337. The van der Waals surface area contributed by atoms with Gasteiger partial charge in [0.1, 0.15) is 5.82 Å². The molecule has 2 nitrogen and oxygen atoms in total. The van der Waals surface area contributed by atoms with Gasteiger partial charge < -0.3 is 4.90 Å². The van der Waals surface area contributed by atoms with Gasteiger partial charge in [0.15, 0.2) is 0 Å². The lowest BCUT2D eigenvalue weighted by Gasteiger charge is -2.28. The normalized spacial score (nSPS) is 11.9. The Labute approximate surface area is 99.7 Å². The minimum absolute atomic E-state index is 0.117. The van der Waals surface area contributed by atoms with Gasteiger partial charge in [0.2, 0.25) is 0 Å². The quantitative estimate of drug-likeness (QED) is 0.773. The molecular formula is C14H24N2. The summed E-state index contributed by atoms with van der Waals surface area (Å²) in [6.45, 7) is 14.2. The fourth-order valence-corrected chi connectivity index (χ4v) is 1.79. The van der Waals surface area contributed by atoms with E-state index in [9.17, 15) is 0 Å². The van der Waals surface area contributed by atoms with Crippen molar-refractivity contribution < 1.29 is 0 Å². The average Bonchev–Trinajstić information content (AvgIpc) is 2.17. The van der Waals surface area contributed by atoms with Gasteiger partial charge in [-0.15, -0.1) is 0 Å². The van der Waals surface area contributed by atoms with Crippen molar-refractivity contribution in [3.63, 3.8) is 0 Å². The molecule has 0 bridgehead atoms. The third kappa shape index (κ3) is 2.97. The van der Waals surface area contributed by atoms with Gasteiger partial charge >= 0.3 is 0 Å². The maximum absolute atomic E-state index is 4.76. The zero-order valence-corrected chi connectivity index (χ0v) is 11.4. The second-order valence-electron chi connectivity index (χ2n) is 5.51. The molecule has 0 N–H and O–H groups in total. The Hall–Kier alpha value is -1.05. The van der Waals surface area contributed by atoms with Crippen LogP contribution in [0.2, 0.25) is 0 Å². The van der Waals surface area contributed by atoms with E-state index in [0.29, 0.717) is 6.04 Å². The molecule has 0 amide bonds. The standard InChI is InChI=1S/C14H24N2/c1-7-16(11(2)3)13-10-8-9-12(15-13)14(4,5)6/h8-11H,7H2,1-6H3. The lowest BCUT2D eigenvalue weighted by atomic mass is 9.92. The Morgan fingerprint density at radius 3 is 2.31 bits per heavy atom. The molecule has 0 aromatic carbocycles. The van der Waals surface area contributed by atoms with Gasteiger partial charge in [0, 0.05) is 23.7 Å². The summed E-state index contributed by atoms with van der Waals surface area (Å²) in [6, 6.07) is 6.80. The predicted molar refractivity (Wildman–Crippen MR) is 71.1 cm³/mol. The van der Waals surface area contributed by atoms with Crippen LogP contribution in [0.15, 0.2) is 18.2 Å². The van der Waals surface area contributed by atoms with E-state index in [1.807, 2.05) is 0 Å². The number of hydrogen-bond acceptors (Lipinski definition) is 2. The van der Waals surface area contributed by atoms with E-state index in [4.69, 9.17) is 4.98 Å². The van der Waals surface area contributed by atoms with Crippen molar-refractivity contribution in [2.24, 2.45) is 0 Å². The van der Waals surface area contributed by atoms with Crippen molar-refractivity contribution in [2.45, 2.75) is 53.0 Å². The molecule has 1 heterocycles. The minimum Gasteiger partial charge on any atom is -0.354 e. The summed E-state index contributed by atoms with van der Waals surface area (Å²) in [6.07, 6.45) is 0. The lowest BCUT2D eigenvalue weighted by Crippen LogP contribution is -2.31. The van der Waals surface area contributed by atoms with Crippen LogP contribution < -0.4 is 4.90 Å². The molecular weight excluding hydrogens is 196 g/mol. The summed E-state index contributed by atoms with van der Waals surface area (Å²) in [5.41, 5.74) is 1.27. The first-order valence-electron chi connectivity index (χ1n) is 6.10. The van der Waals surface area contributed by atoms with Gasteiger partial charge in [0.05, 0.1) is 0 Å². The van der Waals surface area contributed by atoms with Crippen LogP contribution in [0.1, 0.15) is 47.2 Å². The van der Waals surface area contributed by atoms with Crippen molar-refractivity contribution in [3.05, 3.63) is 23.9 Å². The second kappa shape index (κ2) is 4.86. The number of hydrogen-bond donors (Lipinski definition) is 0. The highest BCUT2D eigenvalue weighted by molar-refractivity contribution is 5.41. The average molecular weight is 220 g/mol. The summed E-state index contributed by atoms with van der Waals surface area (Å²) < 4.78 is 0. The molecule has 16 heavy (non-hydrogen) atoms. The first kappa shape index (κ1) is 13.0. The highest BCUT2D eigenvalue weighted by atomic mass is 15.2. The Kier molecular flexibility index (Phi) is 3.95. The number of rotatable bonds is 3. The van der Waals surface area contributed by atoms with Crippen LogP contribution in [0.4, 0.5) is 5.82 Å². The molecule has 0 spiro atoms. The molecule has 0 radical (unpaired) electrons. The van der Waals surface area contributed by atoms with Gasteiger partial charge in [-0.05, 0) is 32.9 Å². The summed E-state index contributed by atoms with van der Waals surface area (Å²) in [4.78, 5) is 7.08. The first-order valence-corrected chi connectivity index (χ1v) is 6.10. The Balaban J connectivity index is 3.07. The maximum Gasteiger partial charge on any atom is 0.129 e. The van der Waals surface area contributed by atoms with Crippen LogP contribution in [0.3, 0.4) is 0 Å². The van der Waals surface area contributed by atoms with Gasteiger partial charge in [0.25, 0.3) is 0 Å². The largest absolute Gasteiger partial charge is 0.354 e. The minimum atomic E-state index is 0.117. The van der Waals surface area contributed by atoms with Crippen molar-refractivity contribution in [3.8, 4) is 0 Å². The molecule has 0 aliphatic rings. The lowest BCUT2D eigenvalue weighted by molar-refractivity contribution is 0.565. The highest BCUT2D eigenvalue weighted by Crippen LogP contribution is 2.23. The molecule has 1 aromatic heterocycles. The summed E-state index contributed by atoms with van der Waals surface area (Å²) in [7, 11) is 0. The van der Waals surface area contributed by atoms with E-state index in [1.54, 1.807) is 0 Å². The Morgan fingerprint density at radius 1 is 1.25 bits per heavy atom. The van der Waals surface area contributed by atoms with Gasteiger partial charge in [-0.25, -0.2) is 4.98 Å². The van der Waals surface area contributed by atoms with E-state index in [0.717, 1.165) is 18.1 Å². The topological polar surface area (TPSA) is 16.1 Å². The summed E-state index contributed by atoms with van der Waals surface area (Å²) in [5.74, 6) is 1.09. The molecule has 0 aliphatic heterocycles.